The summed E-state index contributed by atoms with van der Waals surface area (Å²) in [5, 5.41) is 0.967. The number of halogens is 1. The summed E-state index contributed by atoms with van der Waals surface area (Å²) >= 11 is 0. The third kappa shape index (κ3) is 2.17. The highest BCUT2D eigenvalue weighted by Gasteiger charge is 2.10. The number of aromatic nitrogens is 1. The van der Waals surface area contributed by atoms with Gasteiger partial charge in [0.25, 0.3) is 0 Å². The lowest BCUT2D eigenvalue weighted by atomic mass is 10.0. The molecule has 0 aliphatic rings. The van der Waals surface area contributed by atoms with Gasteiger partial charge in [-0.1, -0.05) is 30.9 Å². The van der Waals surface area contributed by atoms with Gasteiger partial charge < -0.3 is 4.98 Å². The Balaban J connectivity index is 2.45. The van der Waals surface area contributed by atoms with Crippen molar-refractivity contribution in [1.29, 1.82) is 0 Å². The zero-order valence-electron chi connectivity index (χ0n) is 11.6. The van der Waals surface area contributed by atoms with E-state index in [0.717, 1.165) is 16.6 Å². The number of hydrogen-bond donors (Lipinski definition) is 1. The summed E-state index contributed by atoms with van der Waals surface area (Å²) in [6.45, 7) is 5.53. The zero-order valence-corrected chi connectivity index (χ0v) is 11.6. The molecule has 2 nitrogen and oxygen atoms in total. The smallest absolute Gasteiger partial charge is 0.197 e. The molecule has 21 heavy (non-hydrogen) atoms. The fraction of sp³-hybridized carbons (Fsp3) is 0.0556. The van der Waals surface area contributed by atoms with Crippen LogP contribution >= 0.6 is 0 Å². The molecular weight excluding hydrogens is 265 g/mol. The average Bonchev–Trinajstić information content (AvgIpc) is 2.47. The number of H-pyrrole nitrogens is 1. The number of fused-ring (bicyclic) bond motifs is 2. The normalized spacial score (nSPS) is 11.5. The third-order valence-corrected chi connectivity index (χ3v) is 3.64. The fourth-order valence-corrected chi connectivity index (χ4v) is 2.57. The Bertz CT molecular complexity index is 951. The molecule has 1 heterocycles. The van der Waals surface area contributed by atoms with Gasteiger partial charge in [-0.2, -0.15) is 0 Å². The Morgan fingerprint density at radius 3 is 2.71 bits per heavy atom. The van der Waals surface area contributed by atoms with Crippen molar-refractivity contribution in [2.24, 2.45) is 0 Å². The molecule has 0 aliphatic carbocycles. The van der Waals surface area contributed by atoms with Crippen LogP contribution in [-0.2, 0) is 0 Å². The van der Waals surface area contributed by atoms with Crippen LogP contribution in [0, 0.1) is 12.7 Å². The molecule has 0 fully saturated rings. The van der Waals surface area contributed by atoms with Crippen LogP contribution in [0.5, 0.6) is 0 Å². The molecule has 3 rings (SSSR count). The van der Waals surface area contributed by atoms with E-state index in [4.69, 9.17) is 0 Å². The molecule has 2 aromatic carbocycles. The first-order valence-electron chi connectivity index (χ1n) is 6.66. The molecule has 0 saturated carbocycles. The van der Waals surface area contributed by atoms with Crippen molar-refractivity contribution in [1.82, 2.24) is 4.98 Å². The van der Waals surface area contributed by atoms with E-state index in [9.17, 15) is 9.18 Å². The summed E-state index contributed by atoms with van der Waals surface area (Å²) in [4.78, 5) is 15.8. The number of benzene rings is 2. The SMILES string of the molecule is C=C/C=C\c1ccc2[nH]c3ccc(F)cc3c(=O)c2c1C. The van der Waals surface area contributed by atoms with Crippen molar-refractivity contribution >= 4 is 27.9 Å². The second kappa shape index (κ2) is 5.02. The monoisotopic (exact) mass is 279 g/mol. The van der Waals surface area contributed by atoms with Gasteiger partial charge in [0.1, 0.15) is 5.82 Å². The van der Waals surface area contributed by atoms with Crippen LogP contribution in [0.3, 0.4) is 0 Å². The third-order valence-electron chi connectivity index (χ3n) is 3.64. The average molecular weight is 279 g/mol. The summed E-state index contributed by atoms with van der Waals surface area (Å²) in [5.74, 6) is -0.410. The molecule has 0 radical (unpaired) electrons. The minimum absolute atomic E-state index is 0.149. The molecule has 3 aromatic rings. The Labute approximate surface area is 121 Å². The molecule has 0 spiro atoms. The molecule has 0 saturated heterocycles. The van der Waals surface area contributed by atoms with Crippen molar-refractivity contribution in [2.45, 2.75) is 6.92 Å². The summed E-state index contributed by atoms with van der Waals surface area (Å²) in [7, 11) is 0. The lowest BCUT2D eigenvalue weighted by molar-refractivity contribution is 0.629. The lowest BCUT2D eigenvalue weighted by Crippen LogP contribution is -2.07. The number of nitrogens with one attached hydrogen (secondary N) is 1. The largest absolute Gasteiger partial charge is 0.354 e. The first kappa shape index (κ1) is 13.3. The topological polar surface area (TPSA) is 32.9 Å². The number of allylic oxidation sites excluding steroid dienone is 2. The molecule has 1 aromatic heterocycles. The second-order valence-electron chi connectivity index (χ2n) is 4.94. The summed E-state index contributed by atoms with van der Waals surface area (Å²) in [6.07, 6.45) is 5.41. The molecule has 0 atom stereocenters. The summed E-state index contributed by atoms with van der Waals surface area (Å²) < 4.78 is 13.4. The Morgan fingerprint density at radius 1 is 1.19 bits per heavy atom. The number of pyridine rings is 1. The molecule has 0 bridgehead atoms. The van der Waals surface area contributed by atoms with Gasteiger partial charge in [0.2, 0.25) is 0 Å². The van der Waals surface area contributed by atoms with Crippen molar-refractivity contribution in [3.05, 3.63) is 76.2 Å². The molecular formula is C18H14FNO. The van der Waals surface area contributed by atoms with E-state index >= 15 is 0 Å². The minimum Gasteiger partial charge on any atom is -0.354 e. The van der Waals surface area contributed by atoms with Crippen LogP contribution in [0.4, 0.5) is 4.39 Å². The lowest BCUT2D eigenvalue weighted by Gasteiger charge is -2.08. The van der Waals surface area contributed by atoms with Gasteiger partial charge in [0.05, 0.1) is 5.52 Å². The first-order chi connectivity index (χ1) is 10.1. The van der Waals surface area contributed by atoms with Gasteiger partial charge in [0, 0.05) is 16.3 Å². The number of rotatable bonds is 2. The van der Waals surface area contributed by atoms with Gasteiger partial charge in [0.15, 0.2) is 5.43 Å². The molecule has 3 heteroatoms. The standard InChI is InChI=1S/C18H14FNO/c1-3-4-5-12-6-8-16-17(11(12)2)18(21)14-10-13(19)7-9-15(14)20-16/h3-10H,1H2,2H3,(H,20,21)/b5-4-. The van der Waals surface area contributed by atoms with Crippen molar-refractivity contribution < 1.29 is 4.39 Å². The van der Waals surface area contributed by atoms with Crippen molar-refractivity contribution in [3.63, 3.8) is 0 Å². The molecule has 0 aliphatic heterocycles. The van der Waals surface area contributed by atoms with E-state index in [1.54, 1.807) is 12.1 Å². The first-order valence-corrected chi connectivity index (χ1v) is 6.66. The highest BCUT2D eigenvalue weighted by atomic mass is 19.1. The second-order valence-corrected chi connectivity index (χ2v) is 4.94. The van der Waals surface area contributed by atoms with E-state index in [0.29, 0.717) is 16.3 Å². The minimum atomic E-state index is -0.410. The number of aromatic amines is 1. The van der Waals surface area contributed by atoms with Crippen molar-refractivity contribution in [3.8, 4) is 0 Å². The highest BCUT2D eigenvalue weighted by molar-refractivity contribution is 5.95. The van der Waals surface area contributed by atoms with Gasteiger partial charge in [-0.15, -0.1) is 0 Å². The van der Waals surface area contributed by atoms with Crippen LogP contribution < -0.4 is 5.43 Å². The maximum Gasteiger partial charge on any atom is 0.197 e. The van der Waals surface area contributed by atoms with Crippen LogP contribution in [0.15, 0.2) is 53.9 Å². The number of aryl methyl sites for hydroxylation is 1. The summed E-state index contributed by atoms with van der Waals surface area (Å²) in [6, 6.07) is 8.03. The molecule has 0 unspecified atom stereocenters. The van der Waals surface area contributed by atoms with E-state index in [1.165, 1.54) is 12.1 Å². The van der Waals surface area contributed by atoms with Gasteiger partial charge in [-0.3, -0.25) is 4.79 Å². The molecule has 1 N–H and O–H groups in total. The quantitative estimate of drug-likeness (QED) is 0.549. The predicted molar refractivity (Wildman–Crippen MR) is 86.0 cm³/mol. The highest BCUT2D eigenvalue weighted by Crippen LogP contribution is 2.22. The van der Waals surface area contributed by atoms with Crippen LogP contribution in [0.1, 0.15) is 11.1 Å². The number of hydrogen-bond acceptors (Lipinski definition) is 1. The zero-order chi connectivity index (χ0) is 15.0. The Kier molecular flexibility index (Phi) is 3.18. The van der Waals surface area contributed by atoms with Crippen LogP contribution in [0.2, 0.25) is 0 Å². The van der Waals surface area contributed by atoms with E-state index in [1.807, 2.05) is 31.2 Å². The molecule has 0 amide bonds. The van der Waals surface area contributed by atoms with Gasteiger partial charge in [-0.05, 0) is 42.3 Å². The van der Waals surface area contributed by atoms with Crippen molar-refractivity contribution in [2.75, 3.05) is 0 Å². The Hall–Kier alpha value is -2.68. The van der Waals surface area contributed by atoms with E-state index in [2.05, 4.69) is 11.6 Å². The maximum absolute atomic E-state index is 13.4. The molecule has 104 valence electrons. The van der Waals surface area contributed by atoms with E-state index < -0.39 is 5.82 Å². The van der Waals surface area contributed by atoms with Crippen LogP contribution in [0.25, 0.3) is 27.9 Å². The maximum atomic E-state index is 13.4. The van der Waals surface area contributed by atoms with Gasteiger partial charge in [-0.25, -0.2) is 4.39 Å². The predicted octanol–water partition coefficient (Wildman–Crippen LogP) is 4.33. The van der Waals surface area contributed by atoms with Gasteiger partial charge >= 0.3 is 0 Å². The summed E-state index contributed by atoms with van der Waals surface area (Å²) in [5.41, 5.74) is 3.07. The Morgan fingerprint density at radius 2 is 1.95 bits per heavy atom. The van der Waals surface area contributed by atoms with Crippen LogP contribution in [-0.4, -0.2) is 4.98 Å². The fourth-order valence-electron chi connectivity index (χ4n) is 2.57. The van der Waals surface area contributed by atoms with E-state index in [-0.39, 0.29) is 5.43 Å².